The number of carbonyl (C=O) groups excluding carboxylic acids is 1. The van der Waals surface area contributed by atoms with Crippen LogP contribution in [0.15, 0.2) is 18.2 Å². The second-order valence-electron chi connectivity index (χ2n) is 4.10. The van der Waals surface area contributed by atoms with Crippen LogP contribution in [-0.4, -0.2) is 25.7 Å². The number of esters is 1. The van der Waals surface area contributed by atoms with E-state index >= 15 is 0 Å². The summed E-state index contributed by atoms with van der Waals surface area (Å²) < 4.78 is 23.1. The van der Waals surface area contributed by atoms with Crippen LogP contribution in [0.2, 0.25) is 0 Å². The van der Waals surface area contributed by atoms with Crippen molar-refractivity contribution in [3.8, 4) is 5.75 Å². The van der Waals surface area contributed by atoms with Crippen molar-refractivity contribution in [2.75, 3.05) is 13.7 Å². The third kappa shape index (κ3) is 4.33. The average molecular weight is 255 g/mol. The summed E-state index contributed by atoms with van der Waals surface area (Å²) in [6.07, 6.45) is 1.55. The van der Waals surface area contributed by atoms with E-state index in [-0.39, 0.29) is 17.4 Å². The topological polar surface area (TPSA) is 61.5 Å². The highest BCUT2D eigenvalue weighted by molar-refractivity contribution is 5.92. The van der Waals surface area contributed by atoms with Crippen LogP contribution in [0.25, 0.3) is 0 Å². The molecule has 0 aliphatic rings. The molecule has 1 aromatic rings. The Kier molecular flexibility index (Phi) is 5.58. The molecule has 1 atom stereocenters. The largest absolute Gasteiger partial charge is 0.493 e. The summed E-state index contributed by atoms with van der Waals surface area (Å²) in [5.41, 5.74) is 5.83. The minimum Gasteiger partial charge on any atom is -0.493 e. The first kappa shape index (κ1) is 14.4. The summed E-state index contributed by atoms with van der Waals surface area (Å²) in [4.78, 5) is 11.4. The second kappa shape index (κ2) is 6.96. The van der Waals surface area contributed by atoms with E-state index in [0.717, 1.165) is 12.8 Å². The Morgan fingerprint density at radius 2 is 2.22 bits per heavy atom. The van der Waals surface area contributed by atoms with Crippen LogP contribution >= 0.6 is 0 Å². The van der Waals surface area contributed by atoms with Crippen molar-refractivity contribution in [1.29, 1.82) is 0 Å². The fourth-order valence-corrected chi connectivity index (χ4v) is 1.48. The van der Waals surface area contributed by atoms with Crippen molar-refractivity contribution in [1.82, 2.24) is 0 Å². The van der Waals surface area contributed by atoms with E-state index in [1.165, 1.54) is 25.3 Å². The number of nitrogens with two attached hydrogens (primary N) is 1. The fraction of sp³-hybridized carbons (Fsp3) is 0.462. The van der Waals surface area contributed by atoms with Gasteiger partial charge in [0.15, 0.2) is 0 Å². The molecular weight excluding hydrogens is 237 g/mol. The van der Waals surface area contributed by atoms with Gasteiger partial charge in [-0.1, -0.05) is 0 Å². The zero-order valence-corrected chi connectivity index (χ0v) is 10.6. The molecule has 0 saturated heterocycles. The first-order valence-electron chi connectivity index (χ1n) is 5.81. The molecular formula is C13H18FNO3. The van der Waals surface area contributed by atoms with E-state index in [2.05, 4.69) is 4.74 Å². The van der Waals surface area contributed by atoms with Crippen LogP contribution < -0.4 is 10.5 Å². The lowest BCUT2D eigenvalue weighted by atomic mass is 10.2. The maximum absolute atomic E-state index is 13.1. The molecule has 0 unspecified atom stereocenters. The van der Waals surface area contributed by atoms with Gasteiger partial charge in [-0.3, -0.25) is 0 Å². The monoisotopic (exact) mass is 255 g/mol. The lowest BCUT2D eigenvalue weighted by Gasteiger charge is -2.11. The van der Waals surface area contributed by atoms with Crippen LogP contribution in [0.3, 0.4) is 0 Å². The van der Waals surface area contributed by atoms with Gasteiger partial charge in [-0.05, 0) is 31.9 Å². The normalized spacial score (nSPS) is 12.0. The molecule has 0 saturated carbocycles. The highest BCUT2D eigenvalue weighted by Gasteiger charge is 2.13. The summed E-state index contributed by atoms with van der Waals surface area (Å²) in [7, 11) is 1.27. The molecule has 2 N–H and O–H groups in total. The maximum atomic E-state index is 13.1. The van der Waals surface area contributed by atoms with Gasteiger partial charge in [-0.25, -0.2) is 9.18 Å². The van der Waals surface area contributed by atoms with E-state index in [9.17, 15) is 9.18 Å². The highest BCUT2D eigenvalue weighted by Crippen LogP contribution is 2.21. The lowest BCUT2D eigenvalue weighted by molar-refractivity contribution is 0.0596. The molecule has 1 rings (SSSR count). The molecule has 0 aliphatic carbocycles. The molecule has 0 spiro atoms. The van der Waals surface area contributed by atoms with E-state index in [0.29, 0.717) is 6.61 Å². The van der Waals surface area contributed by atoms with Gasteiger partial charge in [-0.2, -0.15) is 0 Å². The fourth-order valence-electron chi connectivity index (χ4n) is 1.48. The summed E-state index contributed by atoms with van der Waals surface area (Å²) in [6.45, 7) is 2.29. The van der Waals surface area contributed by atoms with E-state index in [1.807, 2.05) is 6.92 Å². The number of carbonyl (C=O) groups is 1. The third-order valence-corrected chi connectivity index (χ3v) is 2.41. The Labute approximate surface area is 106 Å². The zero-order valence-electron chi connectivity index (χ0n) is 10.6. The van der Waals surface area contributed by atoms with Crippen LogP contribution in [0.4, 0.5) is 4.39 Å². The summed E-state index contributed by atoms with van der Waals surface area (Å²) in [6, 6.07) is 3.82. The SMILES string of the molecule is COC(=O)c1ccc(F)cc1OCCC[C@@H](C)N. The number of halogens is 1. The number of methoxy groups -OCH3 is 1. The average Bonchev–Trinajstić information content (AvgIpc) is 2.33. The number of rotatable bonds is 6. The van der Waals surface area contributed by atoms with E-state index < -0.39 is 11.8 Å². The lowest BCUT2D eigenvalue weighted by Crippen LogP contribution is -2.16. The first-order valence-corrected chi connectivity index (χ1v) is 5.81. The van der Waals surface area contributed by atoms with Gasteiger partial charge in [0, 0.05) is 12.1 Å². The highest BCUT2D eigenvalue weighted by atomic mass is 19.1. The van der Waals surface area contributed by atoms with Gasteiger partial charge in [0.05, 0.1) is 13.7 Å². The predicted octanol–water partition coefficient (Wildman–Crippen LogP) is 2.12. The van der Waals surface area contributed by atoms with Crippen LogP contribution in [-0.2, 0) is 4.74 Å². The minimum atomic E-state index is -0.544. The number of benzene rings is 1. The molecule has 100 valence electrons. The molecule has 0 amide bonds. The van der Waals surface area contributed by atoms with Gasteiger partial charge in [0.2, 0.25) is 0 Å². The molecule has 4 nitrogen and oxygen atoms in total. The van der Waals surface area contributed by atoms with Crippen molar-refractivity contribution in [2.24, 2.45) is 5.73 Å². The maximum Gasteiger partial charge on any atom is 0.341 e. The quantitative estimate of drug-likeness (QED) is 0.624. The molecule has 0 aromatic heterocycles. The second-order valence-corrected chi connectivity index (χ2v) is 4.10. The number of hydrogen-bond donors (Lipinski definition) is 1. The van der Waals surface area contributed by atoms with Crippen molar-refractivity contribution in [3.05, 3.63) is 29.6 Å². The molecule has 0 aliphatic heterocycles. The Morgan fingerprint density at radius 1 is 1.50 bits per heavy atom. The standard InChI is InChI=1S/C13H18FNO3/c1-9(15)4-3-7-18-12-8-10(14)5-6-11(12)13(16)17-2/h5-6,8-9H,3-4,7,15H2,1-2H3/t9-/m1/s1. The van der Waals surface area contributed by atoms with Crippen LogP contribution in [0.1, 0.15) is 30.1 Å². The summed E-state index contributed by atoms with van der Waals surface area (Å²) in [5.74, 6) is -0.798. The Bertz CT molecular complexity index is 407. The molecule has 0 fully saturated rings. The van der Waals surface area contributed by atoms with Crippen molar-refractivity contribution < 1.29 is 18.7 Å². The van der Waals surface area contributed by atoms with Gasteiger partial charge in [0.25, 0.3) is 0 Å². The smallest absolute Gasteiger partial charge is 0.341 e. The van der Waals surface area contributed by atoms with Crippen molar-refractivity contribution >= 4 is 5.97 Å². The molecule has 5 heteroatoms. The number of hydrogen-bond acceptors (Lipinski definition) is 4. The Hall–Kier alpha value is -1.62. The van der Waals surface area contributed by atoms with Crippen molar-refractivity contribution in [2.45, 2.75) is 25.8 Å². The van der Waals surface area contributed by atoms with Crippen molar-refractivity contribution in [3.63, 3.8) is 0 Å². The van der Waals surface area contributed by atoms with E-state index in [4.69, 9.17) is 10.5 Å². The van der Waals surface area contributed by atoms with Crippen LogP contribution in [0.5, 0.6) is 5.75 Å². The van der Waals surface area contributed by atoms with Gasteiger partial charge >= 0.3 is 5.97 Å². The molecule has 1 aromatic carbocycles. The van der Waals surface area contributed by atoms with Gasteiger partial charge in [0.1, 0.15) is 17.1 Å². The molecule has 18 heavy (non-hydrogen) atoms. The van der Waals surface area contributed by atoms with Gasteiger partial charge < -0.3 is 15.2 Å². The minimum absolute atomic E-state index is 0.0983. The van der Waals surface area contributed by atoms with E-state index in [1.54, 1.807) is 0 Å². The summed E-state index contributed by atoms with van der Waals surface area (Å²) in [5, 5.41) is 0. The molecule has 0 heterocycles. The summed E-state index contributed by atoms with van der Waals surface area (Å²) >= 11 is 0. The number of ether oxygens (including phenoxy) is 2. The van der Waals surface area contributed by atoms with Gasteiger partial charge in [-0.15, -0.1) is 0 Å². The molecule has 0 bridgehead atoms. The molecule has 0 radical (unpaired) electrons. The van der Waals surface area contributed by atoms with Crippen LogP contribution in [0, 0.1) is 5.82 Å². The Balaban J connectivity index is 2.67. The predicted molar refractivity (Wildman–Crippen MR) is 66.1 cm³/mol. The third-order valence-electron chi connectivity index (χ3n) is 2.41. The zero-order chi connectivity index (χ0) is 13.5. The Morgan fingerprint density at radius 3 is 2.83 bits per heavy atom. The first-order chi connectivity index (χ1) is 8.54.